The van der Waals surface area contributed by atoms with Gasteiger partial charge in [0.1, 0.15) is 0 Å². The van der Waals surface area contributed by atoms with E-state index in [0.717, 1.165) is 68.8 Å². The molecule has 1 aromatic carbocycles. The number of hydrogen-bond acceptors (Lipinski definition) is 4. The molecule has 1 aromatic rings. The molecule has 3 aliphatic heterocycles. The first-order valence-electron chi connectivity index (χ1n) is 10.6. The lowest BCUT2D eigenvalue weighted by Crippen LogP contribution is -2.45. The number of piperidine rings is 1. The van der Waals surface area contributed by atoms with Crippen LogP contribution >= 0.6 is 0 Å². The van der Waals surface area contributed by atoms with Crippen LogP contribution in [0.3, 0.4) is 0 Å². The molecule has 7 heteroatoms. The minimum Gasteiger partial charge on any atom is -0.311 e. The van der Waals surface area contributed by atoms with Crippen LogP contribution in [0.4, 0.5) is 5.69 Å². The predicted octanol–water partition coefficient (Wildman–Crippen LogP) is 2.48. The van der Waals surface area contributed by atoms with Crippen molar-refractivity contribution in [2.75, 3.05) is 44.2 Å². The van der Waals surface area contributed by atoms with E-state index < -0.39 is 10.0 Å². The highest BCUT2D eigenvalue weighted by Crippen LogP contribution is 2.31. The molecule has 2 fully saturated rings. The number of hydrogen-bond donors (Lipinski definition) is 0. The van der Waals surface area contributed by atoms with Crippen LogP contribution in [-0.4, -0.2) is 62.8 Å². The van der Waals surface area contributed by atoms with Gasteiger partial charge in [-0.2, -0.15) is 4.31 Å². The summed E-state index contributed by atoms with van der Waals surface area (Å²) in [5, 5.41) is 0. The lowest BCUT2D eigenvalue weighted by atomic mass is 9.99. The van der Waals surface area contributed by atoms with Gasteiger partial charge in [-0.15, -0.1) is 0 Å². The van der Waals surface area contributed by atoms with Crippen molar-refractivity contribution in [3.05, 3.63) is 23.8 Å². The summed E-state index contributed by atoms with van der Waals surface area (Å²) in [6.07, 6.45) is 5.87. The summed E-state index contributed by atoms with van der Waals surface area (Å²) >= 11 is 0. The van der Waals surface area contributed by atoms with Crippen LogP contribution in [0.25, 0.3) is 0 Å². The van der Waals surface area contributed by atoms with Gasteiger partial charge in [-0.05, 0) is 81.3 Å². The maximum atomic E-state index is 13.0. The molecule has 0 spiro atoms. The van der Waals surface area contributed by atoms with Gasteiger partial charge in [0, 0.05) is 25.3 Å². The number of amides is 1. The third kappa shape index (κ3) is 3.98. The third-order valence-electron chi connectivity index (χ3n) is 6.41. The zero-order valence-corrected chi connectivity index (χ0v) is 17.6. The van der Waals surface area contributed by atoms with Crippen LogP contribution in [0.15, 0.2) is 23.1 Å². The Bertz CT molecular complexity index is 825. The normalized spacial score (nSPS) is 22.4. The molecule has 3 heterocycles. The fraction of sp³-hybridized carbons (Fsp3) is 0.667. The predicted molar refractivity (Wildman–Crippen MR) is 110 cm³/mol. The number of sulfonamides is 1. The maximum Gasteiger partial charge on any atom is 0.243 e. The Labute approximate surface area is 168 Å². The number of rotatable bonds is 4. The van der Waals surface area contributed by atoms with E-state index in [1.54, 1.807) is 16.4 Å². The molecule has 0 atom stereocenters. The molecule has 0 N–H and O–H groups in total. The number of anilines is 1. The quantitative estimate of drug-likeness (QED) is 0.772. The van der Waals surface area contributed by atoms with E-state index in [-0.39, 0.29) is 5.91 Å². The van der Waals surface area contributed by atoms with Crippen molar-refractivity contribution < 1.29 is 13.2 Å². The molecule has 0 unspecified atom stereocenters. The molecule has 2 saturated heterocycles. The monoisotopic (exact) mass is 405 g/mol. The lowest BCUT2D eigenvalue weighted by Gasteiger charge is -2.34. The summed E-state index contributed by atoms with van der Waals surface area (Å²) < 4.78 is 27.3. The van der Waals surface area contributed by atoms with Crippen LogP contribution in [-0.2, 0) is 21.2 Å². The van der Waals surface area contributed by atoms with Crippen molar-refractivity contribution in [2.24, 2.45) is 5.92 Å². The van der Waals surface area contributed by atoms with Crippen LogP contribution in [0, 0.1) is 5.92 Å². The fourth-order valence-electron chi connectivity index (χ4n) is 4.57. The van der Waals surface area contributed by atoms with Gasteiger partial charge in [0.15, 0.2) is 0 Å². The van der Waals surface area contributed by atoms with Gasteiger partial charge < -0.3 is 4.90 Å². The molecule has 0 radical (unpaired) electrons. The minimum absolute atomic E-state index is 0.130. The number of carbonyl (C=O) groups is 1. The second kappa shape index (κ2) is 8.13. The van der Waals surface area contributed by atoms with Gasteiger partial charge in [-0.25, -0.2) is 8.42 Å². The molecule has 3 aliphatic rings. The Hall–Kier alpha value is -1.44. The molecule has 154 valence electrons. The number of aryl methyl sites for hydroxylation is 1. The SMILES string of the molecule is CC1CCN(CC(=O)N2CCCc3cc(S(=O)(=O)N4CCCC4)ccc32)CC1. The highest BCUT2D eigenvalue weighted by molar-refractivity contribution is 7.89. The van der Waals surface area contributed by atoms with E-state index in [1.807, 2.05) is 11.0 Å². The van der Waals surface area contributed by atoms with Crippen molar-refractivity contribution in [3.63, 3.8) is 0 Å². The first-order chi connectivity index (χ1) is 13.4. The van der Waals surface area contributed by atoms with Gasteiger partial charge in [0.2, 0.25) is 15.9 Å². The number of benzene rings is 1. The average Bonchev–Trinajstić information content (AvgIpc) is 3.24. The molecular weight excluding hydrogens is 374 g/mol. The highest BCUT2D eigenvalue weighted by Gasteiger charge is 2.30. The Balaban J connectivity index is 1.51. The van der Waals surface area contributed by atoms with E-state index in [1.165, 1.54) is 0 Å². The number of likely N-dealkylation sites (tertiary alicyclic amines) is 1. The minimum atomic E-state index is -3.42. The lowest BCUT2D eigenvalue weighted by molar-refractivity contribution is -0.120. The van der Waals surface area contributed by atoms with Crippen molar-refractivity contribution in [1.29, 1.82) is 0 Å². The first-order valence-corrected chi connectivity index (χ1v) is 12.0. The summed E-state index contributed by atoms with van der Waals surface area (Å²) in [6.45, 7) is 6.64. The van der Waals surface area contributed by atoms with E-state index in [0.29, 0.717) is 31.1 Å². The van der Waals surface area contributed by atoms with Crippen molar-refractivity contribution >= 4 is 21.6 Å². The molecule has 0 aromatic heterocycles. The first kappa shape index (κ1) is 19.9. The zero-order chi connectivity index (χ0) is 19.7. The van der Waals surface area contributed by atoms with Crippen LogP contribution in [0.2, 0.25) is 0 Å². The second-order valence-corrected chi connectivity index (χ2v) is 10.4. The van der Waals surface area contributed by atoms with Crippen LogP contribution < -0.4 is 4.90 Å². The van der Waals surface area contributed by atoms with Gasteiger partial charge >= 0.3 is 0 Å². The number of carbonyl (C=O) groups excluding carboxylic acids is 1. The standard InChI is InChI=1S/C21H31N3O3S/c1-17-8-13-22(14-9-17)16-21(25)24-12-4-5-18-15-19(6-7-20(18)24)28(26,27)23-10-2-3-11-23/h6-7,15,17H,2-5,8-14,16H2,1H3. The molecule has 1 amide bonds. The smallest absolute Gasteiger partial charge is 0.243 e. The van der Waals surface area contributed by atoms with Gasteiger partial charge in [0.25, 0.3) is 0 Å². The summed E-state index contributed by atoms with van der Waals surface area (Å²) in [6, 6.07) is 5.32. The summed E-state index contributed by atoms with van der Waals surface area (Å²) in [7, 11) is -3.42. The Kier molecular flexibility index (Phi) is 5.76. The van der Waals surface area contributed by atoms with Crippen LogP contribution in [0.1, 0.15) is 44.6 Å². The van der Waals surface area contributed by atoms with Crippen molar-refractivity contribution in [2.45, 2.75) is 50.3 Å². The summed E-state index contributed by atoms with van der Waals surface area (Å²) in [5.41, 5.74) is 1.87. The van der Waals surface area contributed by atoms with Gasteiger partial charge in [0.05, 0.1) is 11.4 Å². The second-order valence-electron chi connectivity index (χ2n) is 8.51. The Morgan fingerprint density at radius 2 is 1.75 bits per heavy atom. The van der Waals surface area contributed by atoms with E-state index in [9.17, 15) is 13.2 Å². The third-order valence-corrected chi connectivity index (χ3v) is 8.30. The molecule has 0 saturated carbocycles. The van der Waals surface area contributed by atoms with E-state index in [4.69, 9.17) is 0 Å². The van der Waals surface area contributed by atoms with Crippen molar-refractivity contribution in [3.8, 4) is 0 Å². The average molecular weight is 406 g/mol. The van der Waals surface area contributed by atoms with E-state index >= 15 is 0 Å². The number of fused-ring (bicyclic) bond motifs is 1. The highest BCUT2D eigenvalue weighted by atomic mass is 32.2. The molecule has 0 aliphatic carbocycles. The zero-order valence-electron chi connectivity index (χ0n) is 16.8. The van der Waals surface area contributed by atoms with Gasteiger partial charge in [-0.3, -0.25) is 9.69 Å². The summed E-state index contributed by atoms with van der Waals surface area (Å²) in [5.74, 6) is 0.878. The van der Waals surface area contributed by atoms with Crippen molar-refractivity contribution in [1.82, 2.24) is 9.21 Å². The Morgan fingerprint density at radius 1 is 1.04 bits per heavy atom. The molecular formula is C21H31N3O3S. The van der Waals surface area contributed by atoms with Gasteiger partial charge in [-0.1, -0.05) is 6.92 Å². The molecule has 6 nitrogen and oxygen atoms in total. The Morgan fingerprint density at radius 3 is 2.46 bits per heavy atom. The van der Waals surface area contributed by atoms with Crippen LogP contribution in [0.5, 0.6) is 0 Å². The maximum absolute atomic E-state index is 13.0. The molecule has 28 heavy (non-hydrogen) atoms. The molecule has 4 rings (SSSR count). The fourth-order valence-corrected chi connectivity index (χ4v) is 6.14. The topological polar surface area (TPSA) is 60.9 Å². The largest absolute Gasteiger partial charge is 0.311 e. The number of nitrogens with zero attached hydrogens (tertiary/aromatic N) is 3. The molecule has 0 bridgehead atoms. The van der Waals surface area contributed by atoms with E-state index in [2.05, 4.69) is 11.8 Å². The summed E-state index contributed by atoms with van der Waals surface area (Å²) in [4.78, 5) is 17.4.